The van der Waals surface area contributed by atoms with Gasteiger partial charge in [0.25, 0.3) is 0 Å². The number of guanidine groups is 1. The molecule has 1 amide bonds. The zero-order chi connectivity index (χ0) is 18.8. The molecule has 0 heterocycles. The number of halogens is 1. The molecule has 2 aromatic carbocycles. The maximum atomic E-state index is 12.5. The van der Waals surface area contributed by atoms with Crippen molar-refractivity contribution in [1.29, 1.82) is 0 Å². The van der Waals surface area contributed by atoms with Gasteiger partial charge >= 0.3 is 0 Å². The van der Waals surface area contributed by atoms with Crippen molar-refractivity contribution in [1.82, 2.24) is 15.5 Å². The first-order valence-corrected chi connectivity index (χ1v) is 8.97. The summed E-state index contributed by atoms with van der Waals surface area (Å²) in [4.78, 5) is 18.6. The fourth-order valence-electron chi connectivity index (χ4n) is 2.68. The lowest BCUT2D eigenvalue weighted by Crippen LogP contribution is -2.45. The summed E-state index contributed by atoms with van der Waals surface area (Å²) in [6.07, 6.45) is 0. The van der Waals surface area contributed by atoms with Gasteiger partial charge in [-0.25, -0.2) is 0 Å². The van der Waals surface area contributed by atoms with Crippen molar-refractivity contribution in [3.63, 3.8) is 0 Å². The second-order valence-corrected chi connectivity index (χ2v) is 6.10. The van der Waals surface area contributed by atoms with Crippen molar-refractivity contribution in [2.24, 2.45) is 4.99 Å². The molecule has 6 heteroatoms. The number of aliphatic imine (C=N–C) groups is 1. The van der Waals surface area contributed by atoms with Gasteiger partial charge in [0.2, 0.25) is 5.91 Å². The zero-order valence-electron chi connectivity index (χ0n) is 16.2. The average Bonchev–Trinajstić information content (AvgIpc) is 2.70. The molecule has 0 bridgehead atoms. The number of likely N-dealkylation sites (N-methyl/N-ethyl adjacent to an activating group) is 1. The Morgan fingerprint density at radius 2 is 1.67 bits per heavy atom. The van der Waals surface area contributed by atoms with Crippen LogP contribution in [0.3, 0.4) is 0 Å². The lowest BCUT2D eigenvalue weighted by atomic mass is 10.1. The third-order valence-corrected chi connectivity index (χ3v) is 4.23. The first-order valence-electron chi connectivity index (χ1n) is 8.97. The molecule has 2 rings (SSSR count). The molecule has 0 aliphatic rings. The molecule has 0 saturated carbocycles. The summed E-state index contributed by atoms with van der Waals surface area (Å²) < 4.78 is 0. The highest BCUT2D eigenvalue weighted by Gasteiger charge is 2.13. The van der Waals surface area contributed by atoms with E-state index < -0.39 is 0 Å². The highest BCUT2D eigenvalue weighted by molar-refractivity contribution is 14.0. The summed E-state index contributed by atoms with van der Waals surface area (Å²) in [5, 5.41) is 6.43. The van der Waals surface area contributed by atoms with Gasteiger partial charge in [-0.15, -0.1) is 24.0 Å². The monoisotopic (exact) mass is 480 g/mol. The third kappa shape index (κ3) is 7.58. The molecular weight excluding hydrogens is 451 g/mol. The maximum absolute atomic E-state index is 12.5. The first-order chi connectivity index (χ1) is 12.6. The van der Waals surface area contributed by atoms with Crippen molar-refractivity contribution >= 4 is 35.8 Å². The van der Waals surface area contributed by atoms with E-state index >= 15 is 0 Å². The zero-order valence-corrected chi connectivity index (χ0v) is 18.5. The number of carbonyl (C=O) groups is 1. The van der Waals surface area contributed by atoms with Gasteiger partial charge in [0.1, 0.15) is 0 Å². The quantitative estimate of drug-likeness (QED) is 0.362. The molecule has 0 aromatic heterocycles. The van der Waals surface area contributed by atoms with Crippen molar-refractivity contribution < 1.29 is 4.79 Å². The summed E-state index contributed by atoms with van der Waals surface area (Å²) in [5.41, 5.74) is 2.30. The van der Waals surface area contributed by atoms with Gasteiger partial charge < -0.3 is 15.5 Å². The third-order valence-electron chi connectivity index (χ3n) is 4.23. The molecule has 0 spiro atoms. The maximum Gasteiger partial charge on any atom is 0.242 e. The van der Waals surface area contributed by atoms with Crippen LogP contribution in [0.2, 0.25) is 0 Å². The van der Waals surface area contributed by atoms with Crippen LogP contribution in [-0.2, 0) is 11.3 Å². The van der Waals surface area contributed by atoms with Gasteiger partial charge in [-0.1, -0.05) is 60.7 Å². The van der Waals surface area contributed by atoms with E-state index in [0.717, 1.165) is 5.56 Å². The van der Waals surface area contributed by atoms with E-state index in [1.165, 1.54) is 5.56 Å². The fraction of sp³-hybridized carbons (Fsp3) is 0.333. The second-order valence-electron chi connectivity index (χ2n) is 6.10. The molecule has 0 saturated heterocycles. The van der Waals surface area contributed by atoms with Gasteiger partial charge in [0.15, 0.2) is 5.96 Å². The Balaban J connectivity index is 0.00000364. The molecule has 1 atom stereocenters. The smallest absolute Gasteiger partial charge is 0.242 e. The van der Waals surface area contributed by atoms with E-state index in [-0.39, 0.29) is 42.5 Å². The Morgan fingerprint density at radius 3 is 2.22 bits per heavy atom. The Labute approximate surface area is 179 Å². The number of carbonyl (C=O) groups excluding carboxylic acids is 1. The summed E-state index contributed by atoms with van der Waals surface area (Å²) in [6.45, 7) is 5.55. The number of amides is 1. The van der Waals surface area contributed by atoms with Gasteiger partial charge in [-0.05, 0) is 25.0 Å². The SMILES string of the molecule is CCN(Cc1ccccc1)C(=O)CNC(=NC)NC(C)c1ccccc1.I. The molecule has 27 heavy (non-hydrogen) atoms. The molecule has 0 aliphatic carbocycles. The number of nitrogens with one attached hydrogen (secondary N) is 2. The molecule has 0 radical (unpaired) electrons. The summed E-state index contributed by atoms with van der Waals surface area (Å²) in [6, 6.07) is 20.3. The molecule has 2 aromatic rings. The number of nitrogens with zero attached hydrogens (tertiary/aromatic N) is 2. The van der Waals surface area contributed by atoms with Crippen LogP contribution < -0.4 is 10.6 Å². The van der Waals surface area contributed by atoms with Crippen LogP contribution in [0.4, 0.5) is 0 Å². The van der Waals surface area contributed by atoms with E-state index in [1.807, 2.05) is 60.4 Å². The largest absolute Gasteiger partial charge is 0.350 e. The number of rotatable bonds is 7. The van der Waals surface area contributed by atoms with E-state index in [4.69, 9.17) is 0 Å². The van der Waals surface area contributed by atoms with E-state index in [1.54, 1.807) is 7.05 Å². The Morgan fingerprint density at radius 1 is 1.07 bits per heavy atom. The summed E-state index contributed by atoms with van der Waals surface area (Å²) in [7, 11) is 1.71. The lowest BCUT2D eigenvalue weighted by molar-refractivity contribution is -0.130. The molecular formula is C21H29IN4O. The van der Waals surface area contributed by atoms with E-state index in [2.05, 4.69) is 34.7 Å². The average molecular weight is 480 g/mol. The Bertz CT molecular complexity index is 707. The van der Waals surface area contributed by atoms with E-state index in [0.29, 0.717) is 19.0 Å². The normalized spacial score (nSPS) is 11.9. The van der Waals surface area contributed by atoms with Gasteiger partial charge in [0.05, 0.1) is 12.6 Å². The predicted octanol–water partition coefficient (Wildman–Crippen LogP) is 3.58. The minimum atomic E-state index is 0. The van der Waals surface area contributed by atoms with Crippen molar-refractivity contribution in [2.75, 3.05) is 20.1 Å². The first kappa shape index (κ1) is 23.0. The highest BCUT2D eigenvalue weighted by Crippen LogP contribution is 2.10. The van der Waals surface area contributed by atoms with Crippen molar-refractivity contribution in [3.05, 3.63) is 71.8 Å². The van der Waals surface area contributed by atoms with Crippen molar-refractivity contribution in [3.8, 4) is 0 Å². The van der Waals surface area contributed by atoms with E-state index in [9.17, 15) is 4.79 Å². The second kappa shape index (κ2) is 12.3. The minimum absolute atomic E-state index is 0. The molecule has 5 nitrogen and oxygen atoms in total. The highest BCUT2D eigenvalue weighted by atomic mass is 127. The van der Waals surface area contributed by atoms with Crippen LogP contribution in [0.5, 0.6) is 0 Å². The molecule has 2 N–H and O–H groups in total. The van der Waals surface area contributed by atoms with Gasteiger partial charge in [-0.3, -0.25) is 9.79 Å². The van der Waals surface area contributed by atoms with Gasteiger partial charge in [-0.2, -0.15) is 0 Å². The number of hydrogen-bond donors (Lipinski definition) is 2. The van der Waals surface area contributed by atoms with Crippen LogP contribution in [0, 0.1) is 0 Å². The number of benzene rings is 2. The summed E-state index contributed by atoms with van der Waals surface area (Å²) >= 11 is 0. The van der Waals surface area contributed by atoms with Crippen LogP contribution in [-0.4, -0.2) is 36.9 Å². The van der Waals surface area contributed by atoms with Crippen LogP contribution in [0.1, 0.15) is 31.0 Å². The summed E-state index contributed by atoms with van der Waals surface area (Å²) in [5.74, 6) is 0.664. The molecule has 146 valence electrons. The van der Waals surface area contributed by atoms with Crippen LogP contribution in [0.25, 0.3) is 0 Å². The molecule has 0 aliphatic heterocycles. The minimum Gasteiger partial charge on any atom is -0.350 e. The Hall–Kier alpha value is -2.09. The lowest BCUT2D eigenvalue weighted by Gasteiger charge is -2.23. The van der Waals surface area contributed by atoms with Crippen LogP contribution >= 0.6 is 24.0 Å². The van der Waals surface area contributed by atoms with Gasteiger partial charge in [0, 0.05) is 20.1 Å². The standard InChI is InChI=1S/C21H28N4O.HI/c1-4-25(16-18-11-7-5-8-12-18)20(26)15-23-21(22-3)24-17(2)19-13-9-6-10-14-19;/h5-14,17H,4,15-16H2,1-3H3,(H2,22,23,24);1H. The topological polar surface area (TPSA) is 56.7 Å². The molecule has 0 fully saturated rings. The Kier molecular flexibility index (Phi) is 10.5. The fourth-order valence-corrected chi connectivity index (χ4v) is 2.68. The number of hydrogen-bond acceptors (Lipinski definition) is 2. The molecule has 1 unspecified atom stereocenters. The van der Waals surface area contributed by atoms with Crippen LogP contribution in [0.15, 0.2) is 65.7 Å². The predicted molar refractivity (Wildman–Crippen MR) is 122 cm³/mol. The van der Waals surface area contributed by atoms with Crippen molar-refractivity contribution in [2.45, 2.75) is 26.4 Å².